The van der Waals surface area contributed by atoms with Crippen LogP contribution in [0.1, 0.15) is 35.3 Å². The van der Waals surface area contributed by atoms with Crippen LogP contribution >= 0.6 is 22.9 Å². The van der Waals surface area contributed by atoms with E-state index in [4.69, 9.17) is 16.6 Å². The highest BCUT2D eigenvalue weighted by Gasteiger charge is 2.25. The van der Waals surface area contributed by atoms with Gasteiger partial charge in [0.15, 0.2) is 5.13 Å². The molecule has 0 radical (unpaired) electrons. The SMILES string of the molecule is CCN(CC)S(=O)(=O)c1ccc(C(=O)N(Cc2cccnc2)c2nc3c(C)cc(Cl)cc3s2)cc1. The first kappa shape index (κ1) is 25.2. The van der Waals surface area contributed by atoms with Gasteiger partial charge in [0.05, 0.1) is 21.7 Å². The maximum atomic E-state index is 13.7. The van der Waals surface area contributed by atoms with Crippen LogP contribution in [0.3, 0.4) is 0 Å². The fraction of sp³-hybridized carbons (Fsp3) is 0.240. The number of amides is 1. The molecule has 0 unspecified atom stereocenters. The summed E-state index contributed by atoms with van der Waals surface area (Å²) < 4.78 is 27.9. The van der Waals surface area contributed by atoms with Crippen molar-refractivity contribution in [2.75, 3.05) is 18.0 Å². The van der Waals surface area contributed by atoms with Gasteiger partial charge in [-0.15, -0.1) is 0 Å². The van der Waals surface area contributed by atoms with Gasteiger partial charge < -0.3 is 0 Å². The van der Waals surface area contributed by atoms with Crippen molar-refractivity contribution in [1.82, 2.24) is 14.3 Å². The van der Waals surface area contributed by atoms with E-state index in [-0.39, 0.29) is 17.3 Å². The van der Waals surface area contributed by atoms with E-state index in [2.05, 4.69) is 4.98 Å². The molecule has 7 nitrogen and oxygen atoms in total. The number of sulfonamides is 1. The van der Waals surface area contributed by atoms with Crippen LogP contribution in [-0.4, -0.2) is 41.7 Å². The molecule has 4 aromatic rings. The van der Waals surface area contributed by atoms with Gasteiger partial charge in [0.1, 0.15) is 0 Å². The largest absolute Gasteiger partial charge is 0.279 e. The molecule has 2 heterocycles. The highest BCUT2D eigenvalue weighted by molar-refractivity contribution is 7.89. The van der Waals surface area contributed by atoms with E-state index in [1.54, 1.807) is 43.3 Å². The van der Waals surface area contributed by atoms with Crippen molar-refractivity contribution in [3.8, 4) is 0 Å². The van der Waals surface area contributed by atoms with Crippen molar-refractivity contribution in [3.05, 3.63) is 82.6 Å². The number of fused-ring (bicyclic) bond motifs is 1. The highest BCUT2D eigenvalue weighted by atomic mass is 35.5. The molecule has 0 saturated heterocycles. The van der Waals surface area contributed by atoms with Crippen LogP contribution in [0.5, 0.6) is 0 Å². The zero-order chi connectivity index (χ0) is 25.2. The number of carbonyl (C=O) groups is 1. The van der Waals surface area contributed by atoms with Crippen LogP contribution in [0.15, 0.2) is 65.8 Å². The molecule has 0 atom stereocenters. The summed E-state index contributed by atoms with van der Waals surface area (Å²) in [6.07, 6.45) is 3.38. The molecule has 2 aromatic carbocycles. The van der Waals surface area contributed by atoms with E-state index in [0.717, 1.165) is 21.3 Å². The van der Waals surface area contributed by atoms with Gasteiger partial charge in [0.2, 0.25) is 10.0 Å². The average molecular weight is 529 g/mol. The average Bonchev–Trinajstić information content (AvgIpc) is 3.27. The molecular weight excluding hydrogens is 504 g/mol. The fourth-order valence-electron chi connectivity index (χ4n) is 3.80. The van der Waals surface area contributed by atoms with Crippen LogP contribution in [0, 0.1) is 6.92 Å². The summed E-state index contributed by atoms with van der Waals surface area (Å²) in [7, 11) is -3.61. The predicted octanol–water partition coefficient (Wildman–Crippen LogP) is 5.53. The van der Waals surface area contributed by atoms with E-state index in [1.165, 1.54) is 27.8 Å². The first-order valence-corrected chi connectivity index (χ1v) is 13.8. The van der Waals surface area contributed by atoms with Gasteiger partial charge in [-0.25, -0.2) is 13.4 Å². The van der Waals surface area contributed by atoms with Crippen LogP contribution < -0.4 is 4.90 Å². The number of nitrogens with zero attached hydrogens (tertiary/aromatic N) is 4. The maximum absolute atomic E-state index is 13.7. The summed E-state index contributed by atoms with van der Waals surface area (Å²) in [6.45, 7) is 6.53. The lowest BCUT2D eigenvalue weighted by molar-refractivity contribution is 0.0985. The highest BCUT2D eigenvalue weighted by Crippen LogP contribution is 2.34. The summed E-state index contributed by atoms with van der Waals surface area (Å²) in [5.74, 6) is -0.288. The zero-order valence-corrected chi connectivity index (χ0v) is 22.0. The molecule has 0 fully saturated rings. The molecule has 0 bridgehead atoms. The molecule has 0 aliphatic carbocycles. The van der Waals surface area contributed by atoms with Gasteiger partial charge >= 0.3 is 0 Å². The minimum Gasteiger partial charge on any atom is -0.279 e. The Labute approximate surface area is 214 Å². The number of hydrogen-bond acceptors (Lipinski definition) is 6. The number of thiazole rings is 1. The second kappa shape index (κ2) is 10.4. The summed E-state index contributed by atoms with van der Waals surface area (Å²) >= 11 is 7.61. The Morgan fingerprint density at radius 1 is 1.09 bits per heavy atom. The number of benzene rings is 2. The number of anilines is 1. The zero-order valence-electron chi connectivity index (χ0n) is 19.6. The van der Waals surface area contributed by atoms with E-state index in [1.807, 2.05) is 31.2 Å². The topological polar surface area (TPSA) is 83.5 Å². The van der Waals surface area contributed by atoms with Crippen LogP contribution in [-0.2, 0) is 16.6 Å². The fourth-order valence-corrected chi connectivity index (χ4v) is 6.67. The molecule has 0 spiro atoms. The minimum atomic E-state index is -3.61. The lowest BCUT2D eigenvalue weighted by Gasteiger charge is -2.21. The Balaban J connectivity index is 1.73. The quantitative estimate of drug-likeness (QED) is 0.300. The van der Waals surface area contributed by atoms with Crippen molar-refractivity contribution in [2.45, 2.75) is 32.2 Å². The van der Waals surface area contributed by atoms with E-state index in [9.17, 15) is 13.2 Å². The summed E-state index contributed by atoms with van der Waals surface area (Å²) in [5, 5.41) is 1.14. The number of halogens is 1. The number of carbonyl (C=O) groups excluding carboxylic acids is 1. The Morgan fingerprint density at radius 2 is 1.80 bits per heavy atom. The van der Waals surface area contributed by atoms with E-state index >= 15 is 0 Å². The Hall–Kier alpha value is -2.85. The second-order valence-electron chi connectivity index (χ2n) is 7.93. The van der Waals surface area contributed by atoms with E-state index in [0.29, 0.717) is 28.8 Å². The third kappa shape index (κ3) is 5.23. The van der Waals surface area contributed by atoms with E-state index < -0.39 is 10.0 Å². The van der Waals surface area contributed by atoms with Crippen LogP contribution in [0.25, 0.3) is 10.2 Å². The van der Waals surface area contributed by atoms with Crippen molar-refractivity contribution in [2.24, 2.45) is 0 Å². The van der Waals surface area contributed by atoms with Gasteiger partial charge in [-0.1, -0.05) is 42.9 Å². The molecule has 1 amide bonds. The van der Waals surface area contributed by atoms with Gasteiger partial charge in [0, 0.05) is 36.1 Å². The lowest BCUT2D eigenvalue weighted by Crippen LogP contribution is -2.31. The van der Waals surface area contributed by atoms with Gasteiger partial charge in [-0.2, -0.15) is 4.31 Å². The number of rotatable bonds is 8. The van der Waals surface area contributed by atoms with Gasteiger partial charge in [0.25, 0.3) is 5.91 Å². The number of hydrogen-bond donors (Lipinski definition) is 0. The molecule has 182 valence electrons. The first-order valence-electron chi connectivity index (χ1n) is 11.1. The second-order valence-corrected chi connectivity index (χ2v) is 11.3. The Morgan fingerprint density at radius 3 is 2.43 bits per heavy atom. The molecule has 35 heavy (non-hydrogen) atoms. The van der Waals surface area contributed by atoms with Gasteiger partial charge in [-0.3, -0.25) is 14.7 Å². The summed E-state index contributed by atoms with van der Waals surface area (Å²) in [4.78, 5) is 24.3. The molecule has 0 aliphatic rings. The molecule has 4 rings (SSSR count). The summed E-state index contributed by atoms with van der Waals surface area (Å²) in [5.41, 5.74) is 2.92. The Kier molecular flexibility index (Phi) is 7.51. The molecule has 10 heteroatoms. The number of aryl methyl sites for hydroxylation is 1. The lowest BCUT2D eigenvalue weighted by atomic mass is 10.2. The van der Waals surface area contributed by atoms with Crippen molar-refractivity contribution in [3.63, 3.8) is 0 Å². The molecule has 2 aromatic heterocycles. The van der Waals surface area contributed by atoms with Crippen LogP contribution in [0.2, 0.25) is 5.02 Å². The maximum Gasteiger partial charge on any atom is 0.260 e. The van der Waals surface area contributed by atoms with Gasteiger partial charge in [-0.05, 0) is 60.5 Å². The van der Waals surface area contributed by atoms with Crippen molar-refractivity contribution >= 4 is 54.2 Å². The first-order chi connectivity index (χ1) is 16.7. The standard InChI is InChI=1S/C25H25ClN4O3S2/c1-4-29(5-2)35(32,33)21-10-8-19(9-11-21)24(31)30(16-18-7-6-12-27-15-18)25-28-23-17(3)13-20(26)14-22(23)34-25/h6-15H,4-5,16H2,1-3H3. The predicted molar refractivity (Wildman–Crippen MR) is 141 cm³/mol. The smallest absolute Gasteiger partial charge is 0.260 e. The Bertz CT molecular complexity index is 1450. The van der Waals surface area contributed by atoms with Crippen molar-refractivity contribution in [1.29, 1.82) is 0 Å². The van der Waals surface area contributed by atoms with Crippen molar-refractivity contribution < 1.29 is 13.2 Å². The third-order valence-corrected chi connectivity index (χ3v) is 8.93. The summed E-state index contributed by atoms with van der Waals surface area (Å²) in [6, 6.07) is 13.4. The molecule has 0 saturated carbocycles. The molecule has 0 N–H and O–H groups in total. The molecular formula is C25H25ClN4O3S2. The number of aromatic nitrogens is 2. The normalized spacial score (nSPS) is 11.8. The molecule has 0 aliphatic heterocycles. The minimum absolute atomic E-state index is 0.154. The monoisotopic (exact) mass is 528 g/mol. The number of pyridine rings is 1. The third-order valence-electron chi connectivity index (χ3n) is 5.62. The van der Waals surface area contributed by atoms with Crippen LogP contribution in [0.4, 0.5) is 5.13 Å².